The Morgan fingerprint density at radius 2 is 1.39 bits per heavy atom. The van der Waals surface area contributed by atoms with Crippen molar-refractivity contribution in [1.29, 1.82) is 0 Å². The topological polar surface area (TPSA) is 46.6 Å². The largest absolute Gasteiger partial charge is 0.450 e. The third-order valence-corrected chi connectivity index (χ3v) is 4.87. The Labute approximate surface area is 166 Å². The van der Waals surface area contributed by atoms with Gasteiger partial charge in [-0.3, -0.25) is 9.69 Å². The molecule has 4 heteroatoms. The number of Topliss-reactive ketones (excluding diaryl/α,β-unsaturated/α-hetero) is 1. The molecule has 1 aliphatic rings. The van der Waals surface area contributed by atoms with Crippen LogP contribution < -0.4 is 0 Å². The first-order valence-corrected chi connectivity index (χ1v) is 9.48. The zero-order valence-electron chi connectivity index (χ0n) is 16.6. The summed E-state index contributed by atoms with van der Waals surface area (Å²) in [6, 6.07) is 15.8. The van der Waals surface area contributed by atoms with Crippen molar-refractivity contribution >= 4 is 24.0 Å². The molecule has 1 heterocycles. The molecule has 1 aliphatic heterocycles. The standard InChI is InChI=1S/C24H25NO3/c1-4-28-24(27)25-15-21(13-19-11-7-5-9-17(19)2)23(26)22(16-25)14-20-12-8-6-10-18(20)3/h5-14H,4,15-16H2,1-3H3/b21-13+,22-14+. The van der Waals surface area contributed by atoms with Crippen LogP contribution in [0.25, 0.3) is 12.2 Å². The van der Waals surface area contributed by atoms with Crippen molar-refractivity contribution in [1.82, 2.24) is 4.90 Å². The summed E-state index contributed by atoms with van der Waals surface area (Å²) in [6.07, 6.45) is 3.37. The summed E-state index contributed by atoms with van der Waals surface area (Å²) in [5.74, 6) is -0.0212. The third kappa shape index (κ3) is 4.39. The molecule has 0 N–H and O–H groups in total. The lowest BCUT2D eigenvalue weighted by atomic mass is 9.93. The SMILES string of the molecule is CCOC(=O)N1C/C(=C\c2ccccc2C)C(=O)/C(=C/c2ccccc2C)C1. The molecule has 0 spiro atoms. The van der Waals surface area contributed by atoms with Gasteiger partial charge in [0, 0.05) is 11.1 Å². The maximum Gasteiger partial charge on any atom is 0.410 e. The molecular weight excluding hydrogens is 350 g/mol. The average molecular weight is 375 g/mol. The highest BCUT2D eigenvalue weighted by molar-refractivity contribution is 6.15. The second-order valence-corrected chi connectivity index (χ2v) is 6.94. The van der Waals surface area contributed by atoms with Gasteiger partial charge in [-0.1, -0.05) is 48.5 Å². The number of ketones is 1. The summed E-state index contributed by atoms with van der Waals surface area (Å²) in [7, 11) is 0. The zero-order valence-corrected chi connectivity index (χ0v) is 16.6. The number of carbonyl (C=O) groups excluding carboxylic acids is 2. The van der Waals surface area contributed by atoms with E-state index in [9.17, 15) is 9.59 Å². The number of nitrogens with zero attached hydrogens (tertiary/aromatic N) is 1. The molecule has 144 valence electrons. The van der Waals surface area contributed by atoms with Crippen molar-refractivity contribution in [2.75, 3.05) is 19.7 Å². The van der Waals surface area contributed by atoms with Gasteiger partial charge in [-0.2, -0.15) is 0 Å². The molecule has 0 aliphatic carbocycles. The van der Waals surface area contributed by atoms with Crippen molar-refractivity contribution < 1.29 is 14.3 Å². The molecule has 0 atom stereocenters. The first-order valence-electron chi connectivity index (χ1n) is 9.48. The molecule has 1 fully saturated rings. The number of hydrogen-bond acceptors (Lipinski definition) is 3. The molecule has 0 bridgehead atoms. The smallest absolute Gasteiger partial charge is 0.410 e. The fraction of sp³-hybridized carbons (Fsp3) is 0.250. The summed E-state index contributed by atoms with van der Waals surface area (Å²) < 4.78 is 5.18. The number of piperidine rings is 1. The van der Waals surface area contributed by atoms with Crippen LogP contribution in [0.3, 0.4) is 0 Å². The Morgan fingerprint density at radius 3 is 1.82 bits per heavy atom. The van der Waals surface area contributed by atoms with Gasteiger partial charge in [-0.25, -0.2) is 4.79 Å². The van der Waals surface area contributed by atoms with Crippen LogP contribution in [0, 0.1) is 13.8 Å². The molecule has 4 nitrogen and oxygen atoms in total. The van der Waals surface area contributed by atoms with Crippen LogP contribution in [0.4, 0.5) is 4.79 Å². The minimum Gasteiger partial charge on any atom is -0.450 e. The number of amides is 1. The Balaban J connectivity index is 2.02. The predicted molar refractivity (Wildman–Crippen MR) is 112 cm³/mol. The summed E-state index contributed by atoms with van der Waals surface area (Å²) in [5.41, 5.74) is 5.31. The van der Waals surface area contributed by atoms with E-state index >= 15 is 0 Å². The highest BCUT2D eigenvalue weighted by Crippen LogP contribution is 2.24. The number of carbonyl (C=O) groups is 2. The van der Waals surface area contributed by atoms with Gasteiger partial charge in [-0.15, -0.1) is 0 Å². The van der Waals surface area contributed by atoms with E-state index < -0.39 is 6.09 Å². The number of ether oxygens (including phenoxy) is 1. The molecule has 3 rings (SSSR count). The van der Waals surface area contributed by atoms with Crippen LogP contribution in [0.2, 0.25) is 0 Å². The van der Waals surface area contributed by atoms with Gasteiger partial charge >= 0.3 is 6.09 Å². The minimum atomic E-state index is -0.402. The average Bonchev–Trinajstić information content (AvgIpc) is 2.68. The highest BCUT2D eigenvalue weighted by Gasteiger charge is 2.30. The number of benzene rings is 2. The molecular formula is C24H25NO3. The Kier molecular flexibility index (Phi) is 6.09. The Bertz CT molecular complexity index is 888. The van der Waals surface area contributed by atoms with Crippen LogP contribution >= 0.6 is 0 Å². The lowest BCUT2D eigenvalue weighted by molar-refractivity contribution is -0.113. The highest BCUT2D eigenvalue weighted by atomic mass is 16.6. The van der Waals surface area contributed by atoms with E-state index in [2.05, 4.69) is 0 Å². The van der Waals surface area contributed by atoms with Crippen LogP contribution in [-0.2, 0) is 9.53 Å². The number of likely N-dealkylation sites (tertiary alicyclic amines) is 1. The van der Waals surface area contributed by atoms with Crippen molar-refractivity contribution in [3.8, 4) is 0 Å². The summed E-state index contributed by atoms with van der Waals surface area (Å²) in [6.45, 7) is 6.59. The fourth-order valence-electron chi connectivity index (χ4n) is 3.26. The van der Waals surface area contributed by atoms with E-state index in [-0.39, 0.29) is 18.9 Å². The van der Waals surface area contributed by atoms with E-state index in [1.165, 1.54) is 0 Å². The monoisotopic (exact) mass is 375 g/mol. The van der Waals surface area contributed by atoms with Crippen molar-refractivity contribution in [3.63, 3.8) is 0 Å². The van der Waals surface area contributed by atoms with Crippen LogP contribution in [0.1, 0.15) is 29.2 Å². The van der Waals surface area contributed by atoms with Crippen LogP contribution in [0.5, 0.6) is 0 Å². The first-order chi connectivity index (χ1) is 13.5. The maximum atomic E-state index is 13.2. The molecule has 0 aromatic heterocycles. The van der Waals surface area contributed by atoms with Gasteiger partial charge in [0.2, 0.25) is 0 Å². The number of aryl methyl sites for hydroxylation is 2. The molecule has 0 radical (unpaired) electrons. The van der Waals surface area contributed by atoms with Crippen LogP contribution in [0.15, 0.2) is 59.7 Å². The van der Waals surface area contributed by atoms with E-state index in [1.807, 2.05) is 74.5 Å². The molecule has 28 heavy (non-hydrogen) atoms. The van der Waals surface area contributed by atoms with Gasteiger partial charge in [0.25, 0.3) is 0 Å². The van der Waals surface area contributed by atoms with Crippen LogP contribution in [-0.4, -0.2) is 36.5 Å². The molecule has 0 saturated carbocycles. The van der Waals surface area contributed by atoms with Crippen molar-refractivity contribution in [2.24, 2.45) is 0 Å². The van der Waals surface area contributed by atoms with Gasteiger partial charge in [0.15, 0.2) is 5.78 Å². The minimum absolute atomic E-state index is 0.0212. The summed E-state index contributed by atoms with van der Waals surface area (Å²) >= 11 is 0. The van der Waals surface area contributed by atoms with E-state index in [0.29, 0.717) is 17.8 Å². The second kappa shape index (κ2) is 8.70. The maximum absolute atomic E-state index is 13.2. The third-order valence-electron chi connectivity index (χ3n) is 4.87. The van der Waals surface area contributed by atoms with Crippen molar-refractivity contribution in [2.45, 2.75) is 20.8 Å². The summed E-state index contributed by atoms with van der Waals surface area (Å²) in [4.78, 5) is 27.1. The zero-order chi connectivity index (χ0) is 20.1. The quantitative estimate of drug-likeness (QED) is 0.723. The van der Waals surface area contributed by atoms with E-state index in [4.69, 9.17) is 4.74 Å². The second-order valence-electron chi connectivity index (χ2n) is 6.94. The van der Waals surface area contributed by atoms with E-state index in [1.54, 1.807) is 11.8 Å². The first kappa shape index (κ1) is 19.6. The lowest BCUT2D eigenvalue weighted by Gasteiger charge is -2.29. The normalized spacial score (nSPS) is 17.2. The lowest BCUT2D eigenvalue weighted by Crippen LogP contribution is -2.41. The van der Waals surface area contributed by atoms with E-state index in [0.717, 1.165) is 22.3 Å². The molecule has 2 aromatic carbocycles. The number of rotatable bonds is 3. The summed E-state index contributed by atoms with van der Waals surface area (Å²) in [5, 5.41) is 0. The Hall–Kier alpha value is -3.14. The Morgan fingerprint density at radius 1 is 0.929 bits per heavy atom. The van der Waals surface area contributed by atoms with Gasteiger partial charge in [0.1, 0.15) is 0 Å². The molecule has 1 amide bonds. The fourth-order valence-corrected chi connectivity index (χ4v) is 3.26. The predicted octanol–water partition coefficient (Wildman–Crippen LogP) is 4.81. The van der Waals surface area contributed by atoms with Crippen molar-refractivity contribution in [3.05, 3.63) is 81.9 Å². The molecule has 1 saturated heterocycles. The molecule has 2 aromatic rings. The number of hydrogen-bond donors (Lipinski definition) is 0. The van der Waals surface area contributed by atoms with Gasteiger partial charge < -0.3 is 4.74 Å². The van der Waals surface area contributed by atoms with Gasteiger partial charge in [0.05, 0.1) is 19.7 Å². The molecule has 0 unspecified atom stereocenters. The van der Waals surface area contributed by atoms with Gasteiger partial charge in [-0.05, 0) is 55.2 Å².